The Balaban J connectivity index is 1.31. The number of rotatable bonds is 6. The van der Waals surface area contributed by atoms with Gasteiger partial charge in [0.05, 0.1) is 12.1 Å². The third-order valence-electron chi connectivity index (χ3n) is 7.11. The summed E-state index contributed by atoms with van der Waals surface area (Å²) in [6.45, 7) is 7.07. The molecule has 0 aromatic carbocycles. The van der Waals surface area contributed by atoms with Crippen LogP contribution in [-0.2, 0) is 17.8 Å². The highest BCUT2D eigenvalue weighted by Crippen LogP contribution is 2.38. The minimum Gasteiger partial charge on any atom is -0.356 e. The Kier molecular flexibility index (Phi) is 6.22. The molecular weight excluding hydrogens is 447 g/mol. The molecule has 1 amide bonds. The number of likely N-dealkylation sites (tertiary alicyclic amines) is 1. The van der Waals surface area contributed by atoms with E-state index in [0.29, 0.717) is 18.8 Å². The highest BCUT2D eigenvalue weighted by molar-refractivity contribution is 5.94. The number of carbonyl (C=O) groups excluding carboxylic acids is 1. The van der Waals surface area contributed by atoms with E-state index < -0.39 is 12.6 Å². The SMILES string of the molecule is CC1CC(=O)Nc2ncnc(N3CCC(c4nc(CC(F)(F)F)cn4CCN4CCC4)CC3)c21. The highest BCUT2D eigenvalue weighted by Gasteiger charge is 2.33. The summed E-state index contributed by atoms with van der Waals surface area (Å²) in [5, 5.41) is 2.84. The molecule has 1 atom stereocenters. The van der Waals surface area contributed by atoms with Crippen molar-refractivity contribution in [1.29, 1.82) is 0 Å². The third-order valence-corrected chi connectivity index (χ3v) is 7.11. The van der Waals surface area contributed by atoms with E-state index in [4.69, 9.17) is 0 Å². The summed E-state index contributed by atoms with van der Waals surface area (Å²) in [4.78, 5) is 29.7. The second-order valence-electron chi connectivity index (χ2n) is 9.65. The second kappa shape index (κ2) is 9.16. The zero-order valence-electron chi connectivity index (χ0n) is 19.3. The van der Waals surface area contributed by atoms with Gasteiger partial charge in [-0.15, -0.1) is 0 Å². The number of hydrogen-bond donors (Lipinski definition) is 1. The number of carbonyl (C=O) groups is 1. The van der Waals surface area contributed by atoms with E-state index in [1.807, 2.05) is 11.5 Å². The number of fused-ring (bicyclic) bond motifs is 1. The van der Waals surface area contributed by atoms with E-state index in [1.54, 1.807) is 6.20 Å². The number of halogens is 3. The molecule has 3 aliphatic rings. The average Bonchev–Trinajstić information content (AvgIpc) is 3.13. The van der Waals surface area contributed by atoms with Gasteiger partial charge in [-0.1, -0.05) is 6.92 Å². The summed E-state index contributed by atoms with van der Waals surface area (Å²) in [7, 11) is 0. The Labute approximate surface area is 196 Å². The van der Waals surface area contributed by atoms with Crippen LogP contribution in [0, 0.1) is 0 Å². The number of anilines is 2. The maximum absolute atomic E-state index is 13.0. The van der Waals surface area contributed by atoms with Crippen molar-refractivity contribution in [3.63, 3.8) is 0 Å². The largest absolute Gasteiger partial charge is 0.394 e. The molecule has 5 heterocycles. The van der Waals surface area contributed by atoms with Crippen LogP contribution < -0.4 is 10.2 Å². The van der Waals surface area contributed by atoms with Gasteiger partial charge in [-0.05, 0) is 38.3 Å². The molecule has 11 heteroatoms. The summed E-state index contributed by atoms with van der Waals surface area (Å²) in [6.07, 6.45) is 0.966. The summed E-state index contributed by atoms with van der Waals surface area (Å²) in [5.74, 6) is 2.28. The standard InChI is InChI=1S/C23H30F3N7O/c1-15-11-18(34)30-20-19(15)22(28-14-27-20)32-7-3-16(4-8-32)21-29-17(12-23(24,25)26)13-33(21)10-9-31-5-2-6-31/h13-16H,2-12H2,1H3,(H,27,28,30,34). The number of amides is 1. The first-order valence-electron chi connectivity index (χ1n) is 12.0. The fourth-order valence-corrected chi connectivity index (χ4v) is 5.24. The Hall–Kier alpha value is -2.69. The van der Waals surface area contributed by atoms with Gasteiger partial charge in [0, 0.05) is 50.3 Å². The maximum atomic E-state index is 13.0. The molecule has 2 saturated heterocycles. The molecule has 0 spiro atoms. The van der Waals surface area contributed by atoms with E-state index in [-0.39, 0.29) is 23.4 Å². The number of imidazole rings is 1. The normalized spacial score (nSPS) is 21.8. The van der Waals surface area contributed by atoms with Crippen LogP contribution in [0.1, 0.15) is 61.5 Å². The molecule has 0 saturated carbocycles. The molecule has 0 aliphatic carbocycles. The van der Waals surface area contributed by atoms with Crippen LogP contribution in [0.5, 0.6) is 0 Å². The molecule has 184 valence electrons. The van der Waals surface area contributed by atoms with Crippen LogP contribution in [0.3, 0.4) is 0 Å². The van der Waals surface area contributed by atoms with Crippen molar-refractivity contribution in [2.24, 2.45) is 0 Å². The predicted molar refractivity (Wildman–Crippen MR) is 121 cm³/mol. The Bertz CT molecular complexity index is 1040. The van der Waals surface area contributed by atoms with Crippen molar-refractivity contribution in [2.45, 2.75) is 63.6 Å². The Morgan fingerprint density at radius 1 is 1.12 bits per heavy atom. The fourth-order valence-electron chi connectivity index (χ4n) is 5.24. The van der Waals surface area contributed by atoms with Crippen molar-refractivity contribution in [1.82, 2.24) is 24.4 Å². The number of alkyl halides is 3. The molecule has 0 bridgehead atoms. The lowest BCUT2D eigenvalue weighted by atomic mass is 9.92. The van der Waals surface area contributed by atoms with Crippen molar-refractivity contribution < 1.29 is 18.0 Å². The zero-order chi connectivity index (χ0) is 23.9. The first-order chi connectivity index (χ1) is 16.3. The third kappa shape index (κ3) is 4.89. The van der Waals surface area contributed by atoms with Crippen molar-refractivity contribution >= 4 is 17.5 Å². The number of nitrogens with zero attached hydrogens (tertiary/aromatic N) is 6. The average molecular weight is 478 g/mol. The van der Waals surface area contributed by atoms with Gasteiger partial charge in [-0.3, -0.25) is 4.79 Å². The van der Waals surface area contributed by atoms with Gasteiger partial charge in [0.15, 0.2) is 0 Å². The smallest absolute Gasteiger partial charge is 0.356 e. The molecule has 0 radical (unpaired) electrons. The number of piperidine rings is 1. The monoisotopic (exact) mass is 477 g/mol. The number of aromatic nitrogens is 4. The molecule has 2 aromatic heterocycles. The van der Waals surface area contributed by atoms with E-state index in [0.717, 1.165) is 62.8 Å². The molecule has 34 heavy (non-hydrogen) atoms. The minimum absolute atomic E-state index is 0.0306. The van der Waals surface area contributed by atoms with E-state index in [9.17, 15) is 18.0 Å². The molecule has 1 unspecified atom stereocenters. The van der Waals surface area contributed by atoms with Crippen LogP contribution in [-0.4, -0.2) is 69.2 Å². The lowest BCUT2D eigenvalue weighted by Gasteiger charge is -2.36. The number of hydrogen-bond acceptors (Lipinski definition) is 6. The second-order valence-corrected chi connectivity index (χ2v) is 9.65. The van der Waals surface area contributed by atoms with Crippen LogP contribution in [0.25, 0.3) is 0 Å². The van der Waals surface area contributed by atoms with Crippen LogP contribution in [0.2, 0.25) is 0 Å². The summed E-state index contributed by atoms with van der Waals surface area (Å²) in [6, 6.07) is 0. The molecule has 1 N–H and O–H groups in total. The van der Waals surface area contributed by atoms with Crippen molar-refractivity contribution in [3.05, 3.63) is 29.6 Å². The zero-order valence-corrected chi connectivity index (χ0v) is 19.3. The van der Waals surface area contributed by atoms with Gasteiger partial charge in [-0.25, -0.2) is 15.0 Å². The van der Waals surface area contributed by atoms with E-state index in [2.05, 4.69) is 30.1 Å². The van der Waals surface area contributed by atoms with Gasteiger partial charge in [0.25, 0.3) is 0 Å². The summed E-state index contributed by atoms with van der Waals surface area (Å²) >= 11 is 0. The van der Waals surface area contributed by atoms with Gasteiger partial charge in [0.1, 0.15) is 23.8 Å². The summed E-state index contributed by atoms with van der Waals surface area (Å²) in [5.41, 5.74) is 1.06. The van der Waals surface area contributed by atoms with Crippen LogP contribution in [0.15, 0.2) is 12.5 Å². The lowest BCUT2D eigenvalue weighted by Crippen LogP contribution is -2.39. The van der Waals surface area contributed by atoms with Gasteiger partial charge >= 0.3 is 6.18 Å². The predicted octanol–water partition coefficient (Wildman–Crippen LogP) is 3.31. The van der Waals surface area contributed by atoms with Gasteiger partial charge in [0.2, 0.25) is 5.91 Å². The highest BCUT2D eigenvalue weighted by atomic mass is 19.4. The van der Waals surface area contributed by atoms with Crippen LogP contribution in [0.4, 0.5) is 24.8 Å². The quantitative estimate of drug-likeness (QED) is 0.688. The van der Waals surface area contributed by atoms with Crippen molar-refractivity contribution in [3.8, 4) is 0 Å². The lowest BCUT2D eigenvalue weighted by molar-refractivity contribution is -0.127. The number of nitrogens with one attached hydrogen (secondary N) is 1. The molecule has 2 aromatic rings. The fraction of sp³-hybridized carbons (Fsp3) is 0.652. The summed E-state index contributed by atoms with van der Waals surface area (Å²) < 4.78 is 41.0. The molecule has 3 aliphatic heterocycles. The molecule has 8 nitrogen and oxygen atoms in total. The van der Waals surface area contributed by atoms with E-state index in [1.165, 1.54) is 12.7 Å². The van der Waals surface area contributed by atoms with Crippen molar-refractivity contribution in [2.75, 3.05) is 42.9 Å². The van der Waals surface area contributed by atoms with E-state index >= 15 is 0 Å². The topological polar surface area (TPSA) is 79.2 Å². The van der Waals surface area contributed by atoms with Gasteiger partial charge < -0.3 is 19.7 Å². The Morgan fingerprint density at radius 3 is 2.56 bits per heavy atom. The molecular formula is C23H30F3N7O. The van der Waals surface area contributed by atoms with Crippen LogP contribution >= 0.6 is 0 Å². The van der Waals surface area contributed by atoms with Gasteiger partial charge in [-0.2, -0.15) is 13.2 Å². The first kappa shape index (κ1) is 23.1. The first-order valence-corrected chi connectivity index (χ1v) is 12.0. The molecule has 2 fully saturated rings. The minimum atomic E-state index is -4.27. The Morgan fingerprint density at radius 2 is 1.88 bits per heavy atom. The molecule has 5 rings (SSSR count). The maximum Gasteiger partial charge on any atom is 0.394 e.